The molecule has 0 heterocycles. The summed E-state index contributed by atoms with van der Waals surface area (Å²) in [5.41, 5.74) is 0.735. The molecule has 5 saturated carbocycles. The molecule has 21 heavy (non-hydrogen) atoms. The zero-order valence-electron chi connectivity index (χ0n) is 14.2. The molecule has 4 bridgehead atoms. The van der Waals surface area contributed by atoms with Gasteiger partial charge in [-0.25, -0.2) is 0 Å². The van der Waals surface area contributed by atoms with E-state index in [1.165, 1.54) is 25.7 Å². The van der Waals surface area contributed by atoms with Crippen LogP contribution in [-0.2, 0) is 0 Å². The minimum absolute atomic E-state index is 0.715. The van der Waals surface area contributed by atoms with Gasteiger partial charge in [-0.05, 0) is 87.5 Å². The molecule has 0 saturated heterocycles. The van der Waals surface area contributed by atoms with E-state index in [4.69, 9.17) is 0 Å². The van der Waals surface area contributed by atoms with Gasteiger partial charge in [0.25, 0.3) is 0 Å². The van der Waals surface area contributed by atoms with E-state index in [2.05, 4.69) is 19.3 Å². The van der Waals surface area contributed by atoms with Crippen molar-refractivity contribution >= 4 is 0 Å². The van der Waals surface area contributed by atoms with Gasteiger partial charge >= 0.3 is 0 Å². The van der Waals surface area contributed by atoms with Crippen molar-refractivity contribution in [1.82, 2.24) is 5.32 Å². The van der Waals surface area contributed by atoms with Gasteiger partial charge in [0, 0.05) is 6.04 Å². The lowest BCUT2D eigenvalue weighted by Gasteiger charge is -2.64. The molecule has 1 N–H and O–H groups in total. The molecule has 0 aromatic heterocycles. The smallest absolute Gasteiger partial charge is 0.00411 e. The predicted octanol–water partition coefficient (Wildman–Crippen LogP) is 5.01. The van der Waals surface area contributed by atoms with Crippen molar-refractivity contribution in [3.8, 4) is 0 Å². The van der Waals surface area contributed by atoms with Crippen LogP contribution >= 0.6 is 0 Å². The standard InChI is InChI=1S/C20H35N/c1-14(21-2)11-20-12-15-8-16(13-20)10-18(9-15)19(20)17-6-4-3-5-7-17/h14-19,21H,3-13H2,1-2H3. The van der Waals surface area contributed by atoms with E-state index in [-0.39, 0.29) is 0 Å². The maximum atomic E-state index is 3.56. The quantitative estimate of drug-likeness (QED) is 0.767. The average Bonchev–Trinajstić information content (AvgIpc) is 2.46. The van der Waals surface area contributed by atoms with Crippen LogP contribution in [0, 0.1) is 35.0 Å². The van der Waals surface area contributed by atoms with E-state index in [0.717, 1.165) is 35.0 Å². The molecule has 0 spiro atoms. The van der Waals surface area contributed by atoms with Gasteiger partial charge in [0.1, 0.15) is 0 Å². The molecule has 5 aliphatic rings. The Kier molecular flexibility index (Phi) is 3.84. The lowest BCUT2D eigenvalue weighted by Crippen LogP contribution is -2.56. The van der Waals surface area contributed by atoms with Crippen LogP contribution in [0.15, 0.2) is 0 Å². The molecule has 4 atom stereocenters. The molecule has 5 rings (SSSR count). The first kappa shape index (κ1) is 14.5. The highest BCUT2D eigenvalue weighted by Crippen LogP contribution is 2.67. The van der Waals surface area contributed by atoms with E-state index >= 15 is 0 Å². The van der Waals surface area contributed by atoms with Crippen molar-refractivity contribution in [2.75, 3.05) is 7.05 Å². The SMILES string of the molecule is CNC(C)CC12CC3CC(CC(C3)C1C1CCCCC1)C2. The molecule has 0 aromatic rings. The summed E-state index contributed by atoms with van der Waals surface area (Å²) >= 11 is 0. The molecular weight excluding hydrogens is 254 g/mol. The predicted molar refractivity (Wildman–Crippen MR) is 89.2 cm³/mol. The lowest BCUT2D eigenvalue weighted by atomic mass is 9.41. The minimum Gasteiger partial charge on any atom is -0.317 e. The Bertz CT molecular complexity index is 354. The van der Waals surface area contributed by atoms with Crippen molar-refractivity contribution in [2.24, 2.45) is 35.0 Å². The number of nitrogens with one attached hydrogen (secondary N) is 1. The van der Waals surface area contributed by atoms with E-state index in [0.29, 0.717) is 6.04 Å². The first-order chi connectivity index (χ1) is 10.2. The number of hydrogen-bond donors (Lipinski definition) is 1. The second kappa shape index (κ2) is 5.55. The van der Waals surface area contributed by atoms with Crippen molar-refractivity contribution in [2.45, 2.75) is 83.6 Å². The molecule has 0 radical (unpaired) electrons. The maximum Gasteiger partial charge on any atom is 0.00411 e. The van der Waals surface area contributed by atoms with E-state index in [9.17, 15) is 0 Å². The average molecular weight is 290 g/mol. The molecule has 5 fully saturated rings. The van der Waals surface area contributed by atoms with Gasteiger partial charge in [-0.15, -0.1) is 0 Å². The molecule has 0 aliphatic heterocycles. The van der Waals surface area contributed by atoms with Crippen molar-refractivity contribution in [3.63, 3.8) is 0 Å². The van der Waals surface area contributed by atoms with Crippen molar-refractivity contribution < 1.29 is 0 Å². The minimum atomic E-state index is 0.715. The van der Waals surface area contributed by atoms with Gasteiger partial charge in [-0.2, -0.15) is 0 Å². The van der Waals surface area contributed by atoms with E-state index in [1.54, 1.807) is 44.9 Å². The highest BCUT2D eigenvalue weighted by Gasteiger charge is 2.58. The van der Waals surface area contributed by atoms with Crippen LogP contribution in [0.4, 0.5) is 0 Å². The van der Waals surface area contributed by atoms with Gasteiger partial charge in [0.05, 0.1) is 0 Å². The third-order valence-corrected chi connectivity index (χ3v) is 7.91. The Labute approximate surface area is 131 Å². The van der Waals surface area contributed by atoms with Gasteiger partial charge in [0.15, 0.2) is 0 Å². The highest BCUT2D eigenvalue weighted by atomic mass is 14.9. The molecule has 1 heteroatoms. The van der Waals surface area contributed by atoms with Crippen LogP contribution in [0.1, 0.15) is 77.6 Å². The molecule has 4 unspecified atom stereocenters. The second-order valence-corrected chi connectivity index (χ2v) is 9.29. The Balaban J connectivity index is 1.62. The van der Waals surface area contributed by atoms with Crippen LogP contribution in [0.5, 0.6) is 0 Å². The first-order valence-electron chi connectivity index (χ1n) is 9.87. The van der Waals surface area contributed by atoms with Crippen LogP contribution in [0.3, 0.4) is 0 Å². The summed E-state index contributed by atoms with van der Waals surface area (Å²) in [4.78, 5) is 0. The molecule has 0 amide bonds. The van der Waals surface area contributed by atoms with Crippen molar-refractivity contribution in [3.05, 3.63) is 0 Å². The van der Waals surface area contributed by atoms with Crippen molar-refractivity contribution in [1.29, 1.82) is 0 Å². The molecule has 0 aromatic carbocycles. The summed E-state index contributed by atoms with van der Waals surface area (Å²) in [6.45, 7) is 2.43. The third kappa shape index (κ3) is 2.48. The van der Waals surface area contributed by atoms with Gasteiger partial charge < -0.3 is 5.32 Å². The second-order valence-electron chi connectivity index (χ2n) is 9.29. The fourth-order valence-electron chi connectivity index (χ4n) is 7.64. The summed E-state index contributed by atoms with van der Waals surface area (Å²) in [6, 6.07) is 0.715. The van der Waals surface area contributed by atoms with Gasteiger partial charge in [0.2, 0.25) is 0 Å². The summed E-state index contributed by atoms with van der Waals surface area (Å²) in [5.74, 6) is 5.51. The number of hydrogen-bond acceptors (Lipinski definition) is 1. The van der Waals surface area contributed by atoms with Crippen LogP contribution in [0.2, 0.25) is 0 Å². The Morgan fingerprint density at radius 1 is 0.952 bits per heavy atom. The third-order valence-electron chi connectivity index (χ3n) is 7.91. The Morgan fingerprint density at radius 3 is 2.24 bits per heavy atom. The molecule has 1 nitrogen and oxygen atoms in total. The van der Waals surface area contributed by atoms with Gasteiger partial charge in [-0.3, -0.25) is 0 Å². The monoisotopic (exact) mass is 289 g/mol. The molecular formula is C20H35N. The molecule has 120 valence electrons. The largest absolute Gasteiger partial charge is 0.317 e. The first-order valence-corrected chi connectivity index (χ1v) is 9.87. The van der Waals surface area contributed by atoms with Gasteiger partial charge in [-0.1, -0.05) is 32.1 Å². The fraction of sp³-hybridized carbons (Fsp3) is 1.00. The summed E-state index contributed by atoms with van der Waals surface area (Å²) in [5, 5.41) is 3.56. The summed E-state index contributed by atoms with van der Waals surface area (Å²) in [7, 11) is 2.17. The van der Waals surface area contributed by atoms with Crippen LogP contribution in [-0.4, -0.2) is 13.1 Å². The molecule has 5 aliphatic carbocycles. The normalized spacial score (nSPS) is 47.7. The Hall–Kier alpha value is -0.0400. The van der Waals surface area contributed by atoms with Crippen LogP contribution in [0.25, 0.3) is 0 Å². The zero-order chi connectivity index (χ0) is 14.4. The Morgan fingerprint density at radius 2 is 1.62 bits per heavy atom. The zero-order valence-corrected chi connectivity index (χ0v) is 14.2. The topological polar surface area (TPSA) is 12.0 Å². The summed E-state index contributed by atoms with van der Waals surface area (Å²) < 4.78 is 0. The number of rotatable bonds is 4. The van der Waals surface area contributed by atoms with E-state index in [1.807, 2.05) is 0 Å². The fourth-order valence-corrected chi connectivity index (χ4v) is 7.64. The van der Waals surface area contributed by atoms with E-state index < -0.39 is 0 Å². The highest BCUT2D eigenvalue weighted by molar-refractivity contribution is 5.08. The van der Waals surface area contributed by atoms with Crippen LogP contribution < -0.4 is 5.32 Å². The maximum absolute atomic E-state index is 3.56. The summed E-state index contributed by atoms with van der Waals surface area (Å²) in [6.07, 6.45) is 17.1. The lowest BCUT2D eigenvalue weighted by molar-refractivity contribution is -0.142.